The Hall–Kier alpha value is -3.02. The standard InChI is InChI=1S/C17H19N3O3/c1-2-22-15-11-7-6-10-14(15)19-16(21)12-23-20-17(18)13-8-4-3-5-9-13/h3-11H,2,12H2,1H3,(H2,18,20)(H,19,21). The molecule has 0 atom stereocenters. The number of nitrogens with one attached hydrogen (secondary N) is 1. The van der Waals surface area contributed by atoms with Crippen molar-refractivity contribution in [1.29, 1.82) is 0 Å². The predicted octanol–water partition coefficient (Wildman–Crippen LogP) is 2.36. The van der Waals surface area contributed by atoms with E-state index in [1.54, 1.807) is 24.3 Å². The molecule has 3 N–H and O–H groups in total. The number of amides is 1. The molecule has 0 bridgehead atoms. The fourth-order valence-corrected chi connectivity index (χ4v) is 1.86. The van der Waals surface area contributed by atoms with Gasteiger partial charge in [0, 0.05) is 5.56 Å². The number of para-hydroxylation sites is 2. The highest BCUT2D eigenvalue weighted by Crippen LogP contribution is 2.23. The van der Waals surface area contributed by atoms with Crippen molar-refractivity contribution >= 4 is 17.4 Å². The van der Waals surface area contributed by atoms with Gasteiger partial charge in [0.15, 0.2) is 12.4 Å². The van der Waals surface area contributed by atoms with Crippen LogP contribution in [0, 0.1) is 0 Å². The van der Waals surface area contributed by atoms with E-state index in [9.17, 15) is 4.79 Å². The number of carbonyl (C=O) groups is 1. The van der Waals surface area contributed by atoms with Crippen molar-refractivity contribution in [3.8, 4) is 5.75 Å². The smallest absolute Gasteiger partial charge is 0.265 e. The van der Waals surface area contributed by atoms with Gasteiger partial charge in [0.05, 0.1) is 12.3 Å². The number of carbonyl (C=O) groups excluding carboxylic acids is 1. The largest absolute Gasteiger partial charge is 0.492 e. The molecule has 0 saturated heterocycles. The highest BCUT2D eigenvalue weighted by molar-refractivity contribution is 5.97. The van der Waals surface area contributed by atoms with E-state index in [2.05, 4.69) is 10.5 Å². The second-order valence-electron chi connectivity index (χ2n) is 4.59. The van der Waals surface area contributed by atoms with Crippen LogP contribution in [-0.4, -0.2) is 25.0 Å². The van der Waals surface area contributed by atoms with Crippen LogP contribution in [-0.2, 0) is 9.63 Å². The number of hydrogen-bond acceptors (Lipinski definition) is 4. The van der Waals surface area contributed by atoms with E-state index in [-0.39, 0.29) is 18.3 Å². The Balaban J connectivity index is 1.88. The first-order chi connectivity index (χ1) is 11.2. The lowest BCUT2D eigenvalue weighted by Crippen LogP contribution is -2.19. The molecule has 2 rings (SSSR count). The first-order valence-electron chi connectivity index (χ1n) is 7.23. The molecule has 0 heterocycles. The minimum absolute atomic E-state index is 0.216. The van der Waals surface area contributed by atoms with Gasteiger partial charge < -0.3 is 20.6 Å². The minimum Gasteiger partial charge on any atom is -0.492 e. The molecule has 2 aromatic rings. The molecule has 0 saturated carbocycles. The minimum atomic E-state index is -0.346. The summed E-state index contributed by atoms with van der Waals surface area (Å²) in [5.74, 6) is 0.477. The van der Waals surface area contributed by atoms with Crippen LogP contribution in [0.15, 0.2) is 59.8 Å². The molecule has 120 valence electrons. The Bertz CT molecular complexity index is 672. The van der Waals surface area contributed by atoms with Gasteiger partial charge in [-0.2, -0.15) is 0 Å². The topological polar surface area (TPSA) is 85.9 Å². The van der Waals surface area contributed by atoms with Gasteiger partial charge >= 0.3 is 0 Å². The van der Waals surface area contributed by atoms with Crippen molar-refractivity contribution in [2.75, 3.05) is 18.5 Å². The van der Waals surface area contributed by atoms with Crippen molar-refractivity contribution < 1.29 is 14.4 Å². The summed E-state index contributed by atoms with van der Waals surface area (Å²) >= 11 is 0. The van der Waals surface area contributed by atoms with Crippen LogP contribution in [0.2, 0.25) is 0 Å². The van der Waals surface area contributed by atoms with Gasteiger partial charge in [-0.15, -0.1) is 0 Å². The van der Waals surface area contributed by atoms with Crippen LogP contribution >= 0.6 is 0 Å². The highest BCUT2D eigenvalue weighted by atomic mass is 16.6. The number of anilines is 1. The van der Waals surface area contributed by atoms with E-state index in [0.29, 0.717) is 18.0 Å². The molecule has 6 heteroatoms. The van der Waals surface area contributed by atoms with E-state index >= 15 is 0 Å². The third kappa shape index (κ3) is 5.03. The summed E-state index contributed by atoms with van der Waals surface area (Å²) in [6.07, 6.45) is 0. The van der Waals surface area contributed by atoms with Crippen LogP contribution in [0.25, 0.3) is 0 Å². The maximum atomic E-state index is 11.9. The lowest BCUT2D eigenvalue weighted by Gasteiger charge is -2.10. The Morgan fingerprint density at radius 3 is 2.57 bits per heavy atom. The van der Waals surface area contributed by atoms with Gasteiger partial charge in [-0.1, -0.05) is 47.6 Å². The Morgan fingerprint density at radius 1 is 1.13 bits per heavy atom. The van der Waals surface area contributed by atoms with Gasteiger partial charge in [0.2, 0.25) is 0 Å². The summed E-state index contributed by atoms with van der Waals surface area (Å²) < 4.78 is 5.44. The van der Waals surface area contributed by atoms with Crippen LogP contribution in [0.5, 0.6) is 5.75 Å². The molecule has 0 aliphatic carbocycles. The average Bonchev–Trinajstić information content (AvgIpc) is 2.57. The number of rotatable bonds is 7. The SMILES string of the molecule is CCOc1ccccc1NC(=O)CO/N=C(\N)c1ccccc1. The molecule has 0 aromatic heterocycles. The van der Waals surface area contributed by atoms with E-state index in [0.717, 1.165) is 5.56 Å². The fourth-order valence-electron chi connectivity index (χ4n) is 1.86. The molecule has 0 radical (unpaired) electrons. The van der Waals surface area contributed by atoms with Crippen LogP contribution < -0.4 is 15.8 Å². The average molecular weight is 313 g/mol. The van der Waals surface area contributed by atoms with Crippen molar-refractivity contribution in [3.63, 3.8) is 0 Å². The first kappa shape index (κ1) is 16.4. The fraction of sp³-hybridized carbons (Fsp3) is 0.176. The Morgan fingerprint density at radius 2 is 1.83 bits per heavy atom. The maximum absolute atomic E-state index is 11.9. The summed E-state index contributed by atoms with van der Waals surface area (Å²) in [4.78, 5) is 16.9. The van der Waals surface area contributed by atoms with Gasteiger partial charge in [-0.3, -0.25) is 4.79 Å². The van der Waals surface area contributed by atoms with Gasteiger partial charge in [0.1, 0.15) is 5.75 Å². The second kappa shape index (κ2) is 8.43. The molecule has 23 heavy (non-hydrogen) atoms. The van der Waals surface area contributed by atoms with Crippen LogP contribution in [0.4, 0.5) is 5.69 Å². The first-order valence-corrected chi connectivity index (χ1v) is 7.23. The number of hydrogen-bond donors (Lipinski definition) is 2. The quantitative estimate of drug-likeness (QED) is 0.467. The van der Waals surface area contributed by atoms with Gasteiger partial charge in [-0.05, 0) is 19.1 Å². The second-order valence-corrected chi connectivity index (χ2v) is 4.59. The van der Waals surface area contributed by atoms with Crippen molar-refractivity contribution in [1.82, 2.24) is 0 Å². The molecule has 0 fully saturated rings. The number of oxime groups is 1. The predicted molar refractivity (Wildman–Crippen MR) is 89.4 cm³/mol. The molecule has 0 unspecified atom stereocenters. The number of nitrogens with two attached hydrogens (primary N) is 1. The molecule has 6 nitrogen and oxygen atoms in total. The van der Waals surface area contributed by atoms with Crippen molar-refractivity contribution in [3.05, 3.63) is 60.2 Å². The summed E-state index contributed by atoms with van der Waals surface area (Å²) in [5, 5.41) is 6.45. The summed E-state index contributed by atoms with van der Waals surface area (Å²) in [5.41, 5.74) is 7.09. The lowest BCUT2D eigenvalue weighted by molar-refractivity contribution is -0.120. The zero-order chi connectivity index (χ0) is 16.5. The summed E-state index contributed by atoms with van der Waals surface area (Å²) in [6, 6.07) is 16.4. The van der Waals surface area contributed by atoms with E-state index in [4.69, 9.17) is 15.3 Å². The third-order valence-corrected chi connectivity index (χ3v) is 2.89. The van der Waals surface area contributed by atoms with Crippen molar-refractivity contribution in [2.45, 2.75) is 6.92 Å². The van der Waals surface area contributed by atoms with Gasteiger partial charge in [0.25, 0.3) is 5.91 Å². The number of ether oxygens (including phenoxy) is 1. The number of amidine groups is 1. The van der Waals surface area contributed by atoms with E-state index < -0.39 is 0 Å². The Kier molecular flexibility index (Phi) is 5.99. The zero-order valence-electron chi connectivity index (χ0n) is 12.9. The molecule has 0 aliphatic heterocycles. The van der Waals surface area contributed by atoms with Crippen molar-refractivity contribution in [2.24, 2.45) is 10.9 Å². The van der Waals surface area contributed by atoms with Crippen LogP contribution in [0.1, 0.15) is 12.5 Å². The van der Waals surface area contributed by atoms with Gasteiger partial charge in [-0.25, -0.2) is 0 Å². The molecule has 1 amide bonds. The monoisotopic (exact) mass is 313 g/mol. The Labute approximate surface area is 134 Å². The summed E-state index contributed by atoms with van der Waals surface area (Å²) in [6.45, 7) is 2.15. The normalized spacial score (nSPS) is 10.9. The summed E-state index contributed by atoms with van der Waals surface area (Å²) in [7, 11) is 0. The molecule has 2 aromatic carbocycles. The molecular formula is C17H19N3O3. The zero-order valence-corrected chi connectivity index (χ0v) is 12.9. The molecule has 0 spiro atoms. The number of benzene rings is 2. The van der Waals surface area contributed by atoms with E-state index in [1.165, 1.54) is 0 Å². The maximum Gasteiger partial charge on any atom is 0.265 e. The van der Waals surface area contributed by atoms with E-state index in [1.807, 2.05) is 37.3 Å². The lowest BCUT2D eigenvalue weighted by atomic mass is 10.2. The van der Waals surface area contributed by atoms with Crippen LogP contribution in [0.3, 0.4) is 0 Å². The third-order valence-electron chi connectivity index (χ3n) is 2.89. The molecule has 0 aliphatic rings. The highest BCUT2D eigenvalue weighted by Gasteiger charge is 2.08. The number of nitrogens with zero attached hydrogens (tertiary/aromatic N) is 1. The molecular weight excluding hydrogens is 294 g/mol.